The highest BCUT2D eigenvalue weighted by atomic mass is 127. The zero-order valence-electron chi connectivity index (χ0n) is 7.35. The number of benzene rings is 1. The van der Waals surface area contributed by atoms with E-state index in [2.05, 4.69) is 73.9 Å². The molecule has 0 amide bonds. The summed E-state index contributed by atoms with van der Waals surface area (Å²) in [5.74, 6) is 0.979. The molecule has 0 saturated carbocycles. The Bertz CT molecular complexity index is 449. The van der Waals surface area contributed by atoms with Gasteiger partial charge in [0.05, 0.1) is 11.0 Å². The van der Waals surface area contributed by atoms with Crippen molar-refractivity contribution in [3.63, 3.8) is 0 Å². The first-order chi connectivity index (χ1) is 6.70. The molecule has 14 heavy (non-hydrogen) atoms. The average molecular weight is 410 g/mol. The van der Waals surface area contributed by atoms with Gasteiger partial charge in [-0.25, -0.2) is 4.98 Å². The molecular weight excluding hydrogens is 402 g/mol. The van der Waals surface area contributed by atoms with E-state index in [9.17, 15) is 0 Å². The van der Waals surface area contributed by atoms with Gasteiger partial charge in [-0.15, -0.1) is 6.58 Å². The van der Waals surface area contributed by atoms with E-state index in [0.717, 1.165) is 23.3 Å². The molecule has 0 radical (unpaired) electrons. The highest BCUT2D eigenvalue weighted by Crippen LogP contribution is 2.21. The number of rotatable bonds is 2. The molecule has 0 aliphatic carbocycles. The normalized spacial score (nSPS) is 10.7. The minimum Gasteiger partial charge on any atom is -0.342 e. The van der Waals surface area contributed by atoms with Gasteiger partial charge in [-0.1, -0.05) is 6.08 Å². The maximum atomic E-state index is 4.47. The van der Waals surface area contributed by atoms with Gasteiger partial charge < -0.3 is 4.98 Å². The second-order valence-electron chi connectivity index (χ2n) is 2.96. The first-order valence-corrected chi connectivity index (χ1v) is 6.31. The highest BCUT2D eigenvalue weighted by Gasteiger charge is 2.04. The van der Waals surface area contributed by atoms with E-state index in [1.54, 1.807) is 0 Å². The summed E-state index contributed by atoms with van der Waals surface area (Å²) in [4.78, 5) is 7.74. The van der Waals surface area contributed by atoms with Crippen LogP contribution in [0.15, 0.2) is 24.8 Å². The van der Waals surface area contributed by atoms with Gasteiger partial charge in [-0.3, -0.25) is 0 Å². The molecule has 2 aromatic rings. The number of H-pyrrole nitrogens is 1. The molecule has 0 fully saturated rings. The lowest BCUT2D eigenvalue weighted by atomic mass is 10.3. The van der Waals surface area contributed by atoms with Crippen LogP contribution in [-0.2, 0) is 6.42 Å². The Morgan fingerprint density at radius 1 is 1.36 bits per heavy atom. The van der Waals surface area contributed by atoms with Crippen LogP contribution in [0.1, 0.15) is 5.82 Å². The van der Waals surface area contributed by atoms with Crippen LogP contribution in [0.2, 0.25) is 0 Å². The summed E-state index contributed by atoms with van der Waals surface area (Å²) in [7, 11) is 0. The van der Waals surface area contributed by atoms with Crippen molar-refractivity contribution in [2.45, 2.75) is 6.42 Å². The van der Waals surface area contributed by atoms with Crippen molar-refractivity contribution in [1.82, 2.24) is 9.97 Å². The number of nitrogens with one attached hydrogen (secondary N) is 1. The summed E-state index contributed by atoms with van der Waals surface area (Å²) in [5.41, 5.74) is 2.14. The Hall–Kier alpha value is -0.110. The number of fused-ring (bicyclic) bond motifs is 1. The number of nitrogens with zero attached hydrogens (tertiary/aromatic N) is 1. The summed E-state index contributed by atoms with van der Waals surface area (Å²) < 4.78 is 2.50. The number of hydrogen-bond donors (Lipinski definition) is 1. The summed E-state index contributed by atoms with van der Waals surface area (Å²) in [6.45, 7) is 3.70. The molecule has 0 spiro atoms. The number of aromatic nitrogens is 2. The molecule has 0 atom stereocenters. The van der Waals surface area contributed by atoms with Crippen LogP contribution in [-0.4, -0.2) is 9.97 Å². The lowest BCUT2D eigenvalue weighted by molar-refractivity contribution is 1.07. The van der Waals surface area contributed by atoms with Crippen molar-refractivity contribution in [1.29, 1.82) is 0 Å². The molecule has 2 rings (SSSR count). The van der Waals surface area contributed by atoms with Gasteiger partial charge in [-0.05, 0) is 57.3 Å². The van der Waals surface area contributed by atoms with Gasteiger partial charge in [0.2, 0.25) is 0 Å². The monoisotopic (exact) mass is 410 g/mol. The van der Waals surface area contributed by atoms with Crippen LogP contribution in [0.4, 0.5) is 0 Å². The zero-order valence-corrected chi connectivity index (χ0v) is 11.7. The third-order valence-corrected chi connectivity index (χ3v) is 4.73. The Labute approximate surface area is 109 Å². The van der Waals surface area contributed by atoms with Crippen LogP contribution in [0, 0.1) is 7.14 Å². The number of halogens is 2. The standard InChI is InChI=1S/C10H8I2N2/c1-2-3-10-13-8-4-6(11)7(12)5-9(8)14-10/h2,4-5H,1,3H2,(H,13,14). The van der Waals surface area contributed by atoms with Crippen molar-refractivity contribution in [3.05, 3.63) is 37.8 Å². The predicted molar refractivity (Wildman–Crippen MR) is 75.4 cm³/mol. The maximum Gasteiger partial charge on any atom is 0.111 e. The van der Waals surface area contributed by atoms with Crippen molar-refractivity contribution in [2.24, 2.45) is 0 Å². The Morgan fingerprint density at radius 3 is 2.79 bits per heavy atom. The number of imidazole rings is 1. The molecule has 0 bridgehead atoms. The molecule has 72 valence electrons. The molecular formula is C10H8I2N2. The molecule has 1 aromatic heterocycles. The van der Waals surface area contributed by atoms with E-state index in [-0.39, 0.29) is 0 Å². The molecule has 1 aromatic carbocycles. The van der Waals surface area contributed by atoms with E-state index in [1.165, 1.54) is 7.14 Å². The van der Waals surface area contributed by atoms with Crippen LogP contribution in [0.25, 0.3) is 11.0 Å². The quantitative estimate of drug-likeness (QED) is 0.596. The topological polar surface area (TPSA) is 28.7 Å². The van der Waals surface area contributed by atoms with Crippen molar-refractivity contribution in [2.75, 3.05) is 0 Å². The van der Waals surface area contributed by atoms with Gasteiger partial charge >= 0.3 is 0 Å². The number of hydrogen-bond acceptors (Lipinski definition) is 1. The van der Waals surface area contributed by atoms with Crippen molar-refractivity contribution >= 4 is 56.2 Å². The summed E-state index contributed by atoms with van der Waals surface area (Å²) >= 11 is 4.65. The maximum absolute atomic E-state index is 4.47. The third kappa shape index (κ3) is 1.95. The minimum atomic E-state index is 0.793. The Morgan fingerprint density at radius 2 is 2.07 bits per heavy atom. The Balaban J connectivity index is 2.59. The lowest BCUT2D eigenvalue weighted by Gasteiger charge is -1.94. The predicted octanol–water partition coefficient (Wildman–Crippen LogP) is 3.50. The second-order valence-corrected chi connectivity index (χ2v) is 5.28. The van der Waals surface area contributed by atoms with E-state index >= 15 is 0 Å². The minimum absolute atomic E-state index is 0.793. The van der Waals surface area contributed by atoms with Gasteiger partial charge in [0.1, 0.15) is 5.82 Å². The SMILES string of the molecule is C=CCc1nc2cc(I)c(I)cc2[nH]1. The van der Waals surface area contributed by atoms with Crippen LogP contribution < -0.4 is 0 Å². The fourth-order valence-electron chi connectivity index (χ4n) is 1.29. The Kier molecular flexibility index (Phi) is 3.10. The number of allylic oxidation sites excluding steroid dienone is 1. The summed E-state index contributed by atoms with van der Waals surface area (Å²) in [6.07, 6.45) is 2.65. The van der Waals surface area contributed by atoms with Gasteiger partial charge in [0.15, 0.2) is 0 Å². The van der Waals surface area contributed by atoms with Crippen molar-refractivity contribution in [3.8, 4) is 0 Å². The van der Waals surface area contributed by atoms with E-state index in [4.69, 9.17) is 0 Å². The van der Waals surface area contributed by atoms with E-state index in [1.807, 2.05) is 6.08 Å². The number of aromatic amines is 1. The third-order valence-electron chi connectivity index (χ3n) is 1.91. The molecule has 0 aliphatic rings. The molecule has 2 nitrogen and oxygen atoms in total. The first-order valence-electron chi connectivity index (χ1n) is 4.15. The van der Waals surface area contributed by atoms with Crippen molar-refractivity contribution < 1.29 is 0 Å². The molecule has 1 heterocycles. The van der Waals surface area contributed by atoms with Gasteiger partial charge in [0.25, 0.3) is 0 Å². The fourth-order valence-corrected chi connectivity index (χ4v) is 2.21. The molecule has 0 saturated heterocycles. The van der Waals surface area contributed by atoms with Gasteiger partial charge in [-0.2, -0.15) is 0 Å². The summed E-state index contributed by atoms with van der Waals surface area (Å²) in [6, 6.07) is 4.22. The fraction of sp³-hybridized carbons (Fsp3) is 0.100. The molecule has 0 aliphatic heterocycles. The first kappa shape index (κ1) is 10.4. The molecule has 1 N–H and O–H groups in total. The smallest absolute Gasteiger partial charge is 0.111 e. The van der Waals surface area contributed by atoms with Crippen LogP contribution in [0.5, 0.6) is 0 Å². The largest absolute Gasteiger partial charge is 0.342 e. The van der Waals surface area contributed by atoms with E-state index in [0.29, 0.717) is 0 Å². The molecule has 4 heteroatoms. The lowest BCUT2D eigenvalue weighted by Crippen LogP contribution is -1.81. The van der Waals surface area contributed by atoms with E-state index < -0.39 is 0 Å². The average Bonchev–Trinajstić information content (AvgIpc) is 2.48. The second kappa shape index (κ2) is 4.18. The molecule has 0 unspecified atom stereocenters. The summed E-state index contributed by atoms with van der Waals surface area (Å²) in [5, 5.41) is 0. The van der Waals surface area contributed by atoms with Crippen LogP contribution >= 0.6 is 45.2 Å². The van der Waals surface area contributed by atoms with Crippen LogP contribution in [0.3, 0.4) is 0 Å². The highest BCUT2D eigenvalue weighted by molar-refractivity contribution is 14.1. The van der Waals surface area contributed by atoms with Gasteiger partial charge in [0, 0.05) is 13.6 Å². The zero-order chi connectivity index (χ0) is 10.1.